The summed E-state index contributed by atoms with van der Waals surface area (Å²) < 4.78 is 19.3. The number of oxime groups is 1. The molecule has 2 aromatic carbocycles. The van der Waals surface area contributed by atoms with Gasteiger partial charge in [0, 0.05) is 29.2 Å². The highest BCUT2D eigenvalue weighted by Crippen LogP contribution is 2.15. The number of anilines is 1. The third-order valence-electron chi connectivity index (χ3n) is 4.40. The van der Waals surface area contributed by atoms with E-state index in [1.165, 1.54) is 13.0 Å². The quantitative estimate of drug-likeness (QED) is 0.327. The molecule has 31 heavy (non-hydrogen) atoms. The van der Waals surface area contributed by atoms with Gasteiger partial charge in [0.05, 0.1) is 0 Å². The molecule has 0 radical (unpaired) electrons. The van der Waals surface area contributed by atoms with Gasteiger partial charge in [0.2, 0.25) is 6.10 Å². The first-order valence-electron chi connectivity index (χ1n) is 9.61. The lowest BCUT2D eigenvalue weighted by Gasteiger charge is -2.12. The fraction of sp³-hybridized carbons (Fsp3) is 0.174. The van der Waals surface area contributed by atoms with Crippen molar-refractivity contribution in [2.24, 2.45) is 10.9 Å². The van der Waals surface area contributed by atoms with Crippen LogP contribution >= 0.6 is 0 Å². The van der Waals surface area contributed by atoms with E-state index in [1.807, 2.05) is 12.1 Å². The van der Waals surface area contributed by atoms with Crippen molar-refractivity contribution in [2.75, 3.05) is 5.32 Å². The van der Waals surface area contributed by atoms with E-state index >= 15 is 0 Å². The van der Waals surface area contributed by atoms with Crippen molar-refractivity contribution in [3.8, 4) is 5.75 Å². The van der Waals surface area contributed by atoms with E-state index in [2.05, 4.69) is 15.5 Å². The minimum absolute atomic E-state index is 0.111. The van der Waals surface area contributed by atoms with Gasteiger partial charge in [-0.1, -0.05) is 17.3 Å². The van der Waals surface area contributed by atoms with E-state index in [4.69, 9.17) is 15.3 Å². The maximum atomic E-state index is 13.6. The number of pyridine rings is 1. The molecule has 160 valence electrons. The Morgan fingerprint density at radius 2 is 2.00 bits per heavy atom. The summed E-state index contributed by atoms with van der Waals surface area (Å²) in [4.78, 5) is 21.4. The topological polar surface area (TPSA) is 98.8 Å². The Balaban J connectivity index is 1.52. The van der Waals surface area contributed by atoms with Gasteiger partial charge in [-0.05, 0) is 61.9 Å². The molecule has 1 amide bonds. The monoisotopic (exact) mass is 422 g/mol. The van der Waals surface area contributed by atoms with E-state index < -0.39 is 17.8 Å². The van der Waals surface area contributed by atoms with Crippen LogP contribution < -0.4 is 15.8 Å². The molecule has 0 saturated heterocycles. The summed E-state index contributed by atoms with van der Waals surface area (Å²) in [5.41, 5.74) is 8.34. The van der Waals surface area contributed by atoms with Gasteiger partial charge in [0.15, 0.2) is 5.84 Å². The van der Waals surface area contributed by atoms with Crippen molar-refractivity contribution in [3.05, 3.63) is 89.5 Å². The molecule has 3 N–H and O–H groups in total. The third-order valence-corrected chi connectivity index (χ3v) is 4.40. The Bertz CT molecular complexity index is 1060. The zero-order valence-electron chi connectivity index (χ0n) is 17.2. The van der Waals surface area contributed by atoms with Crippen molar-refractivity contribution < 1.29 is 18.8 Å². The van der Waals surface area contributed by atoms with Crippen LogP contribution in [0.2, 0.25) is 0 Å². The van der Waals surface area contributed by atoms with E-state index in [0.717, 1.165) is 5.56 Å². The molecular weight excluding hydrogens is 399 g/mol. The van der Waals surface area contributed by atoms with Crippen LogP contribution in [0.4, 0.5) is 10.1 Å². The number of amides is 1. The average Bonchev–Trinajstić information content (AvgIpc) is 2.79. The average molecular weight is 422 g/mol. The van der Waals surface area contributed by atoms with Crippen LogP contribution in [0.5, 0.6) is 5.75 Å². The molecule has 0 aliphatic carbocycles. The van der Waals surface area contributed by atoms with Crippen LogP contribution in [-0.2, 0) is 16.2 Å². The minimum Gasteiger partial charge on any atom is -0.489 e. The molecule has 8 heteroatoms. The summed E-state index contributed by atoms with van der Waals surface area (Å²) in [6.45, 7) is 3.56. The third kappa shape index (κ3) is 6.27. The first kappa shape index (κ1) is 21.8. The Morgan fingerprint density at radius 3 is 2.68 bits per heavy atom. The van der Waals surface area contributed by atoms with Crippen molar-refractivity contribution in [3.63, 3.8) is 0 Å². The molecule has 1 heterocycles. The standard InChI is InChI=1S/C23H23FN4O3/c1-15-5-8-19(12-21(15)24)27-23(29)16(2)31-28-22(25)18-6-9-20(10-7-18)30-14-17-4-3-11-26-13-17/h3-13,16H,14H2,1-2H3,(H2,25,28)(H,27,29). The maximum Gasteiger partial charge on any atom is 0.267 e. The second-order valence-corrected chi connectivity index (χ2v) is 6.85. The number of carbonyl (C=O) groups excluding carboxylic acids is 1. The predicted molar refractivity (Wildman–Crippen MR) is 116 cm³/mol. The van der Waals surface area contributed by atoms with Gasteiger partial charge in [0.1, 0.15) is 18.2 Å². The number of aromatic nitrogens is 1. The number of ether oxygens (including phenoxy) is 1. The number of nitrogens with zero attached hydrogens (tertiary/aromatic N) is 2. The molecule has 7 nitrogen and oxygen atoms in total. The molecule has 1 unspecified atom stereocenters. The van der Waals surface area contributed by atoms with Crippen molar-refractivity contribution in [1.29, 1.82) is 0 Å². The maximum absolute atomic E-state index is 13.6. The summed E-state index contributed by atoms with van der Waals surface area (Å²) in [6.07, 6.45) is 2.52. The zero-order chi connectivity index (χ0) is 22.2. The second-order valence-electron chi connectivity index (χ2n) is 6.85. The Labute approximate surface area is 179 Å². The summed E-state index contributed by atoms with van der Waals surface area (Å²) in [6, 6.07) is 15.2. The molecule has 0 saturated carbocycles. The Hall–Kier alpha value is -3.94. The van der Waals surface area contributed by atoms with Gasteiger partial charge < -0.3 is 20.6 Å². The number of nitrogens with one attached hydrogen (secondary N) is 1. The Morgan fingerprint density at radius 1 is 1.23 bits per heavy atom. The highest BCUT2D eigenvalue weighted by atomic mass is 19.1. The summed E-state index contributed by atoms with van der Waals surface area (Å²) in [5, 5.41) is 6.40. The number of carbonyl (C=O) groups is 1. The largest absolute Gasteiger partial charge is 0.489 e. The SMILES string of the molecule is Cc1ccc(NC(=O)C(C)ON=C(N)c2ccc(OCc3cccnc3)cc2)cc1F. The first-order valence-corrected chi connectivity index (χ1v) is 9.61. The molecule has 0 spiro atoms. The lowest BCUT2D eigenvalue weighted by Crippen LogP contribution is -2.27. The number of aryl methyl sites for hydroxylation is 1. The van der Waals surface area contributed by atoms with E-state index in [1.54, 1.807) is 55.7 Å². The lowest BCUT2D eigenvalue weighted by atomic mass is 10.2. The molecule has 3 aromatic rings. The highest BCUT2D eigenvalue weighted by Gasteiger charge is 2.15. The zero-order valence-corrected chi connectivity index (χ0v) is 17.2. The smallest absolute Gasteiger partial charge is 0.267 e. The molecular formula is C23H23FN4O3. The molecule has 1 atom stereocenters. The van der Waals surface area contributed by atoms with Crippen LogP contribution in [0, 0.1) is 12.7 Å². The number of nitrogens with two attached hydrogens (primary N) is 1. The number of rotatable bonds is 8. The highest BCUT2D eigenvalue weighted by molar-refractivity contribution is 5.97. The van der Waals surface area contributed by atoms with Gasteiger partial charge in [0.25, 0.3) is 5.91 Å². The lowest BCUT2D eigenvalue weighted by molar-refractivity contribution is -0.126. The Kier molecular flexibility index (Phi) is 7.16. The van der Waals surface area contributed by atoms with Gasteiger partial charge >= 0.3 is 0 Å². The van der Waals surface area contributed by atoms with Crippen molar-refractivity contribution in [1.82, 2.24) is 4.98 Å². The van der Waals surface area contributed by atoms with E-state index in [0.29, 0.717) is 29.2 Å². The minimum atomic E-state index is -0.926. The number of hydrogen-bond donors (Lipinski definition) is 2. The van der Waals surface area contributed by atoms with Gasteiger partial charge in [-0.2, -0.15) is 0 Å². The summed E-state index contributed by atoms with van der Waals surface area (Å²) >= 11 is 0. The number of amidine groups is 1. The molecule has 0 bridgehead atoms. The predicted octanol–water partition coefficient (Wildman–Crippen LogP) is 3.77. The van der Waals surface area contributed by atoms with Crippen LogP contribution in [-0.4, -0.2) is 22.8 Å². The number of halogens is 1. The fourth-order valence-electron chi connectivity index (χ4n) is 2.52. The van der Waals surface area contributed by atoms with Crippen LogP contribution in [0.3, 0.4) is 0 Å². The van der Waals surface area contributed by atoms with Crippen molar-refractivity contribution >= 4 is 17.4 Å². The van der Waals surface area contributed by atoms with Crippen LogP contribution in [0.25, 0.3) is 0 Å². The van der Waals surface area contributed by atoms with Gasteiger partial charge in [-0.15, -0.1) is 0 Å². The first-order chi connectivity index (χ1) is 14.9. The molecule has 1 aromatic heterocycles. The van der Waals surface area contributed by atoms with Gasteiger partial charge in [-0.3, -0.25) is 9.78 Å². The van der Waals surface area contributed by atoms with Crippen LogP contribution in [0.15, 0.2) is 72.1 Å². The molecule has 0 aliphatic heterocycles. The molecule has 0 aliphatic rings. The normalized spacial score (nSPS) is 12.2. The number of hydrogen-bond acceptors (Lipinski definition) is 5. The molecule has 0 fully saturated rings. The summed E-state index contributed by atoms with van der Waals surface area (Å²) in [5.74, 6) is -0.0975. The second kappa shape index (κ2) is 10.2. The van der Waals surface area contributed by atoms with E-state index in [9.17, 15) is 9.18 Å². The summed E-state index contributed by atoms with van der Waals surface area (Å²) in [7, 11) is 0. The number of benzene rings is 2. The van der Waals surface area contributed by atoms with Crippen LogP contribution in [0.1, 0.15) is 23.6 Å². The van der Waals surface area contributed by atoms with Gasteiger partial charge in [-0.25, -0.2) is 4.39 Å². The van der Waals surface area contributed by atoms with Crippen molar-refractivity contribution in [2.45, 2.75) is 26.6 Å². The molecule has 3 rings (SSSR count). The van der Waals surface area contributed by atoms with E-state index in [-0.39, 0.29) is 5.84 Å². The fourth-order valence-corrected chi connectivity index (χ4v) is 2.52.